The van der Waals surface area contributed by atoms with Crippen LogP contribution in [0.4, 0.5) is 5.69 Å². The molecule has 0 unspecified atom stereocenters. The van der Waals surface area contributed by atoms with Crippen molar-refractivity contribution in [2.24, 2.45) is 5.10 Å². The molecule has 0 atom stereocenters. The predicted molar refractivity (Wildman–Crippen MR) is 99.2 cm³/mol. The van der Waals surface area contributed by atoms with Crippen molar-refractivity contribution in [2.75, 3.05) is 5.32 Å². The summed E-state index contributed by atoms with van der Waals surface area (Å²) < 4.78 is 0.966. The zero-order valence-electron chi connectivity index (χ0n) is 12.6. The van der Waals surface area contributed by atoms with Gasteiger partial charge in [0.1, 0.15) is 0 Å². The van der Waals surface area contributed by atoms with Gasteiger partial charge in [0, 0.05) is 17.3 Å². The summed E-state index contributed by atoms with van der Waals surface area (Å²) in [4.78, 5) is 23.5. The summed E-state index contributed by atoms with van der Waals surface area (Å²) in [7, 11) is 0. The van der Waals surface area contributed by atoms with E-state index in [1.807, 2.05) is 24.3 Å². The quantitative estimate of drug-likeness (QED) is 0.561. The van der Waals surface area contributed by atoms with E-state index in [0.717, 1.165) is 10.0 Å². The van der Waals surface area contributed by atoms with Gasteiger partial charge in [-0.15, -0.1) is 0 Å². The first kappa shape index (κ1) is 18.2. The van der Waals surface area contributed by atoms with Crippen LogP contribution in [0.25, 0.3) is 0 Å². The zero-order chi connectivity index (χ0) is 17.4. The Hall–Kier alpha value is -2.18. The minimum atomic E-state index is -0.335. The lowest BCUT2D eigenvalue weighted by atomic mass is 10.2. The van der Waals surface area contributed by atoms with Crippen molar-refractivity contribution < 1.29 is 9.59 Å². The van der Waals surface area contributed by atoms with Crippen LogP contribution in [0.15, 0.2) is 58.1 Å². The van der Waals surface area contributed by atoms with Gasteiger partial charge in [0.05, 0.1) is 16.9 Å². The number of halogens is 2. The Labute approximate surface area is 153 Å². The fourth-order valence-electron chi connectivity index (χ4n) is 1.79. The van der Waals surface area contributed by atoms with Crippen molar-refractivity contribution in [3.05, 3.63) is 63.6 Å². The van der Waals surface area contributed by atoms with Crippen LogP contribution in [0.2, 0.25) is 5.02 Å². The summed E-state index contributed by atoms with van der Waals surface area (Å²) in [6, 6.07) is 14.4. The predicted octanol–water partition coefficient (Wildman–Crippen LogP) is 3.97. The number of amides is 2. The number of hydrogen-bond donors (Lipinski definition) is 2. The molecule has 0 aromatic heterocycles. The van der Waals surface area contributed by atoms with Crippen LogP contribution >= 0.6 is 27.5 Å². The Morgan fingerprint density at radius 3 is 2.42 bits per heavy atom. The van der Waals surface area contributed by atoms with Gasteiger partial charge in [0.2, 0.25) is 11.8 Å². The molecule has 0 aliphatic carbocycles. The molecule has 2 rings (SSSR count). The molecule has 2 N–H and O–H groups in total. The molecule has 2 aromatic rings. The van der Waals surface area contributed by atoms with E-state index in [1.165, 1.54) is 6.21 Å². The summed E-state index contributed by atoms with van der Waals surface area (Å²) in [6.45, 7) is 0. The molecule has 0 heterocycles. The molecule has 24 heavy (non-hydrogen) atoms. The van der Waals surface area contributed by atoms with E-state index in [4.69, 9.17) is 11.6 Å². The fraction of sp³-hybridized carbons (Fsp3) is 0.118. The first-order chi connectivity index (χ1) is 11.5. The molecule has 7 heteroatoms. The largest absolute Gasteiger partial charge is 0.325 e. The Balaban J connectivity index is 1.73. The lowest BCUT2D eigenvalue weighted by Gasteiger charge is -2.06. The number of nitrogens with zero attached hydrogens (tertiary/aromatic N) is 1. The Bertz CT molecular complexity index is 748. The van der Waals surface area contributed by atoms with Crippen molar-refractivity contribution in [3.63, 3.8) is 0 Å². The Kier molecular flexibility index (Phi) is 6.96. The molecule has 0 aliphatic heterocycles. The molecule has 0 fully saturated rings. The molecule has 2 aromatic carbocycles. The number of hydrazone groups is 1. The summed E-state index contributed by atoms with van der Waals surface area (Å²) in [5, 5.41) is 6.97. The maximum absolute atomic E-state index is 11.8. The van der Waals surface area contributed by atoms with Gasteiger partial charge < -0.3 is 5.32 Å². The van der Waals surface area contributed by atoms with Crippen LogP contribution in [0.5, 0.6) is 0 Å². The Morgan fingerprint density at radius 1 is 1.04 bits per heavy atom. The molecule has 0 saturated heterocycles. The van der Waals surface area contributed by atoms with Gasteiger partial charge >= 0.3 is 0 Å². The lowest BCUT2D eigenvalue weighted by Crippen LogP contribution is -2.20. The number of nitrogens with one attached hydrogen (secondary N) is 2. The van der Waals surface area contributed by atoms with Crippen LogP contribution in [-0.4, -0.2) is 18.0 Å². The highest BCUT2D eigenvalue weighted by Gasteiger charge is 2.08. The maximum atomic E-state index is 11.8. The van der Waals surface area contributed by atoms with E-state index >= 15 is 0 Å². The number of anilines is 1. The van der Waals surface area contributed by atoms with Gasteiger partial charge in [-0.3, -0.25) is 9.59 Å². The SMILES string of the molecule is O=C(CCC(=O)Nc1ccccc1Cl)NN=Cc1ccc(Br)cc1. The maximum Gasteiger partial charge on any atom is 0.240 e. The molecule has 124 valence electrons. The first-order valence-corrected chi connectivity index (χ1v) is 8.33. The number of benzene rings is 2. The van der Waals surface area contributed by atoms with Crippen LogP contribution in [-0.2, 0) is 9.59 Å². The van der Waals surface area contributed by atoms with E-state index in [0.29, 0.717) is 10.7 Å². The second-order valence-corrected chi connectivity index (χ2v) is 6.20. The van der Waals surface area contributed by atoms with Gasteiger partial charge in [-0.25, -0.2) is 5.43 Å². The van der Waals surface area contributed by atoms with E-state index < -0.39 is 0 Å². The van der Waals surface area contributed by atoms with Gasteiger partial charge in [-0.2, -0.15) is 5.10 Å². The van der Waals surface area contributed by atoms with Crippen molar-refractivity contribution >= 4 is 51.2 Å². The van der Waals surface area contributed by atoms with Gasteiger partial charge in [-0.1, -0.05) is 51.8 Å². The molecule has 0 bridgehead atoms. The van der Waals surface area contributed by atoms with Crippen LogP contribution < -0.4 is 10.7 Å². The van der Waals surface area contributed by atoms with Gasteiger partial charge in [0.25, 0.3) is 0 Å². The summed E-state index contributed by atoms with van der Waals surface area (Å²) in [5.74, 6) is -0.618. The number of para-hydroxylation sites is 1. The average molecular weight is 409 g/mol. The van der Waals surface area contributed by atoms with Crippen molar-refractivity contribution in [3.8, 4) is 0 Å². The highest BCUT2D eigenvalue weighted by molar-refractivity contribution is 9.10. The smallest absolute Gasteiger partial charge is 0.240 e. The number of carbonyl (C=O) groups is 2. The van der Waals surface area contributed by atoms with E-state index in [-0.39, 0.29) is 24.7 Å². The minimum absolute atomic E-state index is 0.0357. The molecule has 5 nitrogen and oxygen atoms in total. The summed E-state index contributed by atoms with van der Waals surface area (Å²) in [6.07, 6.45) is 1.62. The van der Waals surface area contributed by atoms with E-state index in [2.05, 4.69) is 31.8 Å². The van der Waals surface area contributed by atoms with E-state index in [1.54, 1.807) is 24.3 Å². The average Bonchev–Trinajstić information content (AvgIpc) is 2.57. The fourth-order valence-corrected chi connectivity index (χ4v) is 2.23. The molecular weight excluding hydrogens is 394 g/mol. The minimum Gasteiger partial charge on any atom is -0.325 e. The summed E-state index contributed by atoms with van der Waals surface area (Å²) >= 11 is 9.29. The topological polar surface area (TPSA) is 70.6 Å². The number of hydrogen-bond acceptors (Lipinski definition) is 3. The molecule has 0 radical (unpaired) electrons. The molecule has 0 saturated carbocycles. The molecule has 0 spiro atoms. The monoisotopic (exact) mass is 407 g/mol. The van der Waals surface area contributed by atoms with Crippen molar-refractivity contribution in [2.45, 2.75) is 12.8 Å². The second kappa shape index (κ2) is 9.20. The molecule has 0 aliphatic rings. The third-order valence-corrected chi connectivity index (χ3v) is 3.86. The highest BCUT2D eigenvalue weighted by Crippen LogP contribution is 2.20. The number of carbonyl (C=O) groups excluding carboxylic acids is 2. The molecule has 2 amide bonds. The first-order valence-electron chi connectivity index (χ1n) is 7.16. The highest BCUT2D eigenvalue weighted by atomic mass is 79.9. The standard InChI is InChI=1S/C17H15BrClN3O2/c18-13-7-5-12(6-8-13)11-20-22-17(24)10-9-16(23)21-15-4-2-1-3-14(15)19/h1-8,11H,9-10H2,(H,21,23)(H,22,24). The molecular formula is C17H15BrClN3O2. The van der Waals surface area contributed by atoms with Crippen molar-refractivity contribution in [1.82, 2.24) is 5.43 Å². The summed E-state index contributed by atoms with van der Waals surface area (Å²) in [5.41, 5.74) is 3.77. The van der Waals surface area contributed by atoms with E-state index in [9.17, 15) is 9.59 Å². The number of rotatable bonds is 6. The lowest BCUT2D eigenvalue weighted by molar-refractivity contribution is -0.124. The second-order valence-electron chi connectivity index (χ2n) is 4.87. The van der Waals surface area contributed by atoms with Gasteiger partial charge in [-0.05, 0) is 29.8 Å². The van der Waals surface area contributed by atoms with Crippen LogP contribution in [0, 0.1) is 0 Å². The van der Waals surface area contributed by atoms with Gasteiger partial charge in [0.15, 0.2) is 0 Å². The Morgan fingerprint density at radius 2 is 1.71 bits per heavy atom. The third-order valence-electron chi connectivity index (χ3n) is 3.00. The van der Waals surface area contributed by atoms with Crippen LogP contribution in [0.3, 0.4) is 0 Å². The van der Waals surface area contributed by atoms with Crippen LogP contribution in [0.1, 0.15) is 18.4 Å². The zero-order valence-corrected chi connectivity index (χ0v) is 15.0. The third kappa shape index (κ3) is 6.14. The normalized spacial score (nSPS) is 10.6. The van der Waals surface area contributed by atoms with Crippen molar-refractivity contribution in [1.29, 1.82) is 0 Å².